The molecule has 1 aromatic rings. The molecule has 1 atom stereocenters. The van der Waals surface area contributed by atoms with Gasteiger partial charge in [-0.3, -0.25) is 14.4 Å². The largest absolute Gasteiger partial charge is 0.493 e. The highest BCUT2D eigenvalue weighted by Crippen LogP contribution is 2.37. The molecule has 2 rings (SSSR count). The molecular formula is C15H17FN2O4. The van der Waals surface area contributed by atoms with Crippen LogP contribution in [0.1, 0.15) is 36.2 Å². The van der Waals surface area contributed by atoms with Gasteiger partial charge in [0.25, 0.3) is 0 Å². The van der Waals surface area contributed by atoms with Gasteiger partial charge in [0, 0.05) is 25.5 Å². The van der Waals surface area contributed by atoms with Crippen LogP contribution in [-0.4, -0.2) is 30.7 Å². The van der Waals surface area contributed by atoms with Crippen LogP contribution in [0.15, 0.2) is 6.07 Å². The van der Waals surface area contributed by atoms with E-state index in [9.17, 15) is 18.8 Å². The molecule has 0 heterocycles. The SMILES string of the molecule is COc1c(F)cc(NC(C)=O)c2c1CCC(NC(C)=O)C2=O. The Kier molecular flexibility index (Phi) is 4.44. The van der Waals surface area contributed by atoms with Crippen molar-refractivity contribution in [3.8, 4) is 5.75 Å². The van der Waals surface area contributed by atoms with Crippen molar-refractivity contribution in [2.45, 2.75) is 32.7 Å². The molecule has 0 saturated carbocycles. The van der Waals surface area contributed by atoms with E-state index in [2.05, 4.69) is 10.6 Å². The minimum absolute atomic E-state index is 0.00118. The highest BCUT2D eigenvalue weighted by molar-refractivity contribution is 6.10. The molecule has 6 nitrogen and oxygen atoms in total. The van der Waals surface area contributed by atoms with Crippen LogP contribution >= 0.6 is 0 Å². The van der Waals surface area contributed by atoms with Gasteiger partial charge in [0.15, 0.2) is 17.3 Å². The maximum absolute atomic E-state index is 14.1. The van der Waals surface area contributed by atoms with E-state index in [1.165, 1.54) is 21.0 Å². The van der Waals surface area contributed by atoms with Crippen LogP contribution in [0.25, 0.3) is 0 Å². The van der Waals surface area contributed by atoms with Gasteiger partial charge in [-0.15, -0.1) is 0 Å². The summed E-state index contributed by atoms with van der Waals surface area (Å²) in [6, 6.07) is 0.375. The quantitative estimate of drug-likeness (QED) is 0.884. The van der Waals surface area contributed by atoms with Gasteiger partial charge in [0.1, 0.15) is 0 Å². The zero-order valence-electron chi connectivity index (χ0n) is 12.6. The zero-order valence-corrected chi connectivity index (χ0v) is 12.6. The third-order valence-corrected chi connectivity index (χ3v) is 3.47. The number of Topliss-reactive ketones (excluding diaryl/α,β-unsaturated/α-hetero) is 1. The molecule has 1 aliphatic rings. The number of carbonyl (C=O) groups excluding carboxylic acids is 3. The van der Waals surface area contributed by atoms with Crippen LogP contribution in [-0.2, 0) is 16.0 Å². The number of methoxy groups -OCH3 is 1. The summed E-state index contributed by atoms with van der Waals surface area (Å²) in [5, 5.41) is 5.03. The maximum Gasteiger partial charge on any atom is 0.221 e. The molecule has 1 unspecified atom stereocenters. The van der Waals surface area contributed by atoms with E-state index >= 15 is 0 Å². The second-order valence-electron chi connectivity index (χ2n) is 5.13. The molecule has 0 aliphatic heterocycles. The summed E-state index contributed by atoms with van der Waals surface area (Å²) < 4.78 is 19.1. The lowest BCUT2D eigenvalue weighted by Crippen LogP contribution is -2.43. The van der Waals surface area contributed by atoms with E-state index in [0.29, 0.717) is 18.4 Å². The topological polar surface area (TPSA) is 84.5 Å². The highest BCUT2D eigenvalue weighted by Gasteiger charge is 2.34. The molecule has 0 aromatic heterocycles. The summed E-state index contributed by atoms with van der Waals surface area (Å²) in [6.07, 6.45) is 0.713. The molecule has 0 saturated heterocycles. The normalized spacial score (nSPS) is 16.7. The van der Waals surface area contributed by atoms with Gasteiger partial charge in [-0.1, -0.05) is 0 Å². The van der Waals surface area contributed by atoms with Crippen LogP contribution in [0, 0.1) is 5.82 Å². The van der Waals surface area contributed by atoms with Crippen molar-refractivity contribution in [2.75, 3.05) is 12.4 Å². The Morgan fingerprint density at radius 1 is 1.32 bits per heavy atom. The van der Waals surface area contributed by atoms with E-state index in [0.717, 1.165) is 6.07 Å². The number of rotatable bonds is 3. The fourth-order valence-corrected chi connectivity index (χ4v) is 2.69. The van der Waals surface area contributed by atoms with E-state index in [4.69, 9.17) is 4.74 Å². The summed E-state index contributed by atoms with van der Waals surface area (Å²) in [6.45, 7) is 2.59. The second-order valence-corrected chi connectivity index (χ2v) is 5.13. The Morgan fingerprint density at radius 3 is 2.55 bits per heavy atom. The van der Waals surface area contributed by atoms with Gasteiger partial charge < -0.3 is 15.4 Å². The van der Waals surface area contributed by atoms with Crippen LogP contribution in [0.5, 0.6) is 5.75 Å². The van der Waals surface area contributed by atoms with Crippen molar-refractivity contribution in [1.29, 1.82) is 0 Å². The Balaban J connectivity index is 2.56. The fourth-order valence-electron chi connectivity index (χ4n) is 2.69. The number of amides is 2. The average molecular weight is 308 g/mol. The number of ether oxygens (including phenoxy) is 1. The molecule has 0 spiro atoms. The van der Waals surface area contributed by atoms with Gasteiger partial charge in [-0.25, -0.2) is 4.39 Å². The summed E-state index contributed by atoms with van der Waals surface area (Å²) >= 11 is 0. The summed E-state index contributed by atoms with van der Waals surface area (Å²) in [5.74, 6) is -1.74. The van der Waals surface area contributed by atoms with Gasteiger partial charge in [-0.05, 0) is 12.8 Å². The first-order valence-corrected chi connectivity index (χ1v) is 6.83. The van der Waals surface area contributed by atoms with Crippen molar-refractivity contribution < 1.29 is 23.5 Å². The second kappa shape index (κ2) is 6.13. The van der Waals surface area contributed by atoms with Crippen molar-refractivity contribution >= 4 is 23.3 Å². The Bertz CT molecular complexity index is 657. The molecular weight excluding hydrogens is 291 g/mol. The molecule has 0 fully saturated rings. The molecule has 7 heteroatoms. The number of halogens is 1. The number of nitrogens with one attached hydrogen (secondary N) is 2. The Hall–Kier alpha value is -2.44. The standard InChI is InChI=1S/C15H17FN2O4/c1-7(19)17-11-5-4-9-13(14(11)21)12(18-8(2)20)6-10(16)15(9)22-3/h6,11H,4-5H2,1-3H3,(H,17,19)(H,18,20). The lowest BCUT2D eigenvalue weighted by atomic mass is 9.85. The molecule has 2 amide bonds. The first-order chi connectivity index (χ1) is 10.3. The molecule has 1 aromatic carbocycles. The third-order valence-electron chi connectivity index (χ3n) is 3.47. The van der Waals surface area contributed by atoms with Crippen molar-refractivity contribution in [3.05, 3.63) is 23.0 Å². The minimum atomic E-state index is -0.687. The fraction of sp³-hybridized carbons (Fsp3) is 0.400. The molecule has 0 bridgehead atoms. The lowest BCUT2D eigenvalue weighted by Gasteiger charge is -2.27. The maximum atomic E-state index is 14.1. The smallest absolute Gasteiger partial charge is 0.221 e. The zero-order chi connectivity index (χ0) is 16.4. The number of hydrogen-bond acceptors (Lipinski definition) is 4. The molecule has 2 N–H and O–H groups in total. The van der Waals surface area contributed by atoms with Gasteiger partial charge >= 0.3 is 0 Å². The van der Waals surface area contributed by atoms with E-state index < -0.39 is 17.8 Å². The van der Waals surface area contributed by atoms with E-state index in [-0.39, 0.29) is 28.7 Å². The molecule has 118 valence electrons. The number of ketones is 1. The number of benzene rings is 1. The summed E-state index contributed by atoms with van der Waals surface area (Å²) in [7, 11) is 1.32. The number of anilines is 1. The van der Waals surface area contributed by atoms with E-state index in [1.807, 2.05) is 0 Å². The van der Waals surface area contributed by atoms with E-state index in [1.54, 1.807) is 0 Å². The van der Waals surface area contributed by atoms with Gasteiger partial charge in [-0.2, -0.15) is 0 Å². The summed E-state index contributed by atoms with van der Waals surface area (Å²) in [5.41, 5.74) is 0.706. The van der Waals surface area contributed by atoms with Crippen molar-refractivity contribution in [3.63, 3.8) is 0 Å². The monoisotopic (exact) mass is 308 g/mol. The molecule has 1 aliphatic carbocycles. The number of fused-ring (bicyclic) bond motifs is 1. The van der Waals surface area contributed by atoms with Crippen LogP contribution in [0.2, 0.25) is 0 Å². The average Bonchev–Trinajstić information content (AvgIpc) is 2.40. The van der Waals surface area contributed by atoms with Crippen molar-refractivity contribution in [1.82, 2.24) is 5.32 Å². The first-order valence-electron chi connectivity index (χ1n) is 6.83. The predicted molar refractivity (Wildman–Crippen MR) is 77.5 cm³/mol. The van der Waals surface area contributed by atoms with Crippen molar-refractivity contribution in [2.24, 2.45) is 0 Å². The Morgan fingerprint density at radius 2 is 2.00 bits per heavy atom. The lowest BCUT2D eigenvalue weighted by molar-refractivity contribution is -0.119. The molecule has 22 heavy (non-hydrogen) atoms. The number of hydrogen-bond donors (Lipinski definition) is 2. The molecule has 0 radical (unpaired) electrons. The minimum Gasteiger partial charge on any atom is -0.493 e. The first kappa shape index (κ1) is 15.9. The summed E-state index contributed by atoms with van der Waals surface area (Å²) in [4.78, 5) is 35.1. The van der Waals surface area contributed by atoms with Crippen LogP contribution in [0.4, 0.5) is 10.1 Å². The van der Waals surface area contributed by atoms with Gasteiger partial charge in [0.2, 0.25) is 11.8 Å². The highest BCUT2D eigenvalue weighted by atomic mass is 19.1. The Labute approximate surface area is 127 Å². The third kappa shape index (κ3) is 2.93. The van der Waals surface area contributed by atoms with Gasteiger partial charge in [0.05, 0.1) is 24.4 Å². The van der Waals surface area contributed by atoms with Crippen LogP contribution < -0.4 is 15.4 Å². The van der Waals surface area contributed by atoms with Crippen LogP contribution in [0.3, 0.4) is 0 Å². The predicted octanol–water partition coefficient (Wildman–Crippen LogP) is 1.43. The number of carbonyl (C=O) groups is 3.